The van der Waals surface area contributed by atoms with Gasteiger partial charge in [-0.1, -0.05) is 12.1 Å². The van der Waals surface area contributed by atoms with Gasteiger partial charge in [-0.15, -0.1) is 24.0 Å². The van der Waals surface area contributed by atoms with Crippen LogP contribution in [0.3, 0.4) is 0 Å². The summed E-state index contributed by atoms with van der Waals surface area (Å²) in [6.45, 7) is 5.04. The van der Waals surface area contributed by atoms with Gasteiger partial charge < -0.3 is 20.7 Å². The molecular formula is C17H29IN4O2. The number of aliphatic imine (C=N–C) groups is 1. The molecule has 136 valence electrons. The van der Waals surface area contributed by atoms with Gasteiger partial charge in [0, 0.05) is 46.0 Å². The third-order valence-corrected chi connectivity index (χ3v) is 3.31. The van der Waals surface area contributed by atoms with Crippen LogP contribution in [-0.4, -0.2) is 45.7 Å². The molecule has 0 saturated carbocycles. The molecule has 0 radical (unpaired) electrons. The highest BCUT2D eigenvalue weighted by molar-refractivity contribution is 14.0. The van der Waals surface area contributed by atoms with Crippen LogP contribution in [-0.2, 0) is 11.3 Å². The molecule has 0 bridgehead atoms. The second-order valence-electron chi connectivity index (χ2n) is 5.04. The summed E-state index contributed by atoms with van der Waals surface area (Å²) in [5.74, 6) is 0.676. The molecular weight excluding hydrogens is 419 g/mol. The lowest BCUT2D eigenvalue weighted by molar-refractivity contribution is 0.0963. The van der Waals surface area contributed by atoms with Crippen LogP contribution in [0.15, 0.2) is 29.3 Å². The summed E-state index contributed by atoms with van der Waals surface area (Å²) < 4.78 is 5.31. The lowest BCUT2D eigenvalue weighted by atomic mass is 10.1. The fourth-order valence-electron chi connectivity index (χ4n) is 2.05. The smallest absolute Gasteiger partial charge is 0.251 e. The molecule has 7 heteroatoms. The Balaban J connectivity index is 0.00000529. The van der Waals surface area contributed by atoms with Gasteiger partial charge in [-0.05, 0) is 37.5 Å². The molecule has 0 aromatic heterocycles. The summed E-state index contributed by atoms with van der Waals surface area (Å²) in [5, 5.41) is 9.14. The van der Waals surface area contributed by atoms with Gasteiger partial charge in [-0.2, -0.15) is 0 Å². The first-order chi connectivity index (χ1) is 11.2. The largest absolute Gasteiger partial charge is 0.382 e. The molecule has 0 unspecified atom stereocenters. The normalized spacial score (nSPS) is 10.7. The Bertz CT molecular complexity index is 509. The van der Waals surface area contributed by atoms with Crippen LogP contribution >= 0.6 is 24.0 Å². The maximum absolute atomic E-state index is 11.6. The number of rotatable bonds is 9. The van der Waals surface area contributed by atoms with E-state index in [2.05, 4.69) is 20.9 Å². The third-order valence-electron chi connectivity index (χ3n) is 3.31. The van der Waals surface area contributed by atoms with Gasteiger partial charge in [-0.3, -0.25) is 9.79 Å². The minimum absolute atomic E-state index is 0. The average molecular weight is 448 g/mol. The number of nitrogens with zero attached hydrogens (tertiary/aromatic N) is 1. The number of unbranched alkanes of at least 4 members (excludes halogenated alkanes) is 1. The number of guanidine groups is 1. The van der Waals surface area contributed by atoms with Crippen molar-refractivity contribution < 1.29 is 9.53 Å². The van der Waals surface area contributed by atoms with Gasteiger partial charge in [0.1, 0.15) is 0 Å². The van der Waals surface area contributed by atoms with Crippen LogP contribution in [0.2, 0.25) is 0 Å². The number of benzene rings is 1. The van der Waals surface area contributed by atoms with Gasteiger partial charge in [0.25, 0.3) is 5.91 Å². The predicted molar refractivity (Wildman–Crippen MR) is 109 cm³/mol. The quantitative estimate of drug-likeness (QED) is 0.234. The van der Waals surface area contributed by atoms with Crippen molar-refractivity contribution in [3.05, 3.63) is 35.4 Å². The molecule has 0 aliphatic heterocycles. The van der Waals surface area contributed by atoms with E-state index in [0.717, 1.165) is 44.1 Å². The van der Waals surface area contributed by atoms with E-state index < -0.39 is 0 Å². The summed E-state index contributed by atoms with van der Waals surface area (Å²) in [6.07, 6.45) is 2.07. The van der Waals surface area contributed by atoms with E-state index in [1.54, 1.807) is 20.2 Å². The zero-order valence-electron chi connectivity index (χ0n) is 14.7. The second-order valence-corrected chi connectivity index (χ2v) is 5.04. The first-order valence-electron chi connectivity index (χ1n) is 8.04. The Morgan fingerprint density at radius 2 is 2.04 bits per heavy atom. The predicted octanol–water partition coefficient (Wildman–Crippen LogP) is 2.15. The fraction of sp³-hybridized carbons (Fsp3) is 0.529. The van der Waals surface area contributed by atoms with Crippen molar-refractivity contribution in [2.45, 2.75) is 26.3 Å². The first kappa shape index (κ1) is 22.6. The van der Waals surface area contributed by atoms with E-state index in [9.17, 15) is 4.79 Å². The Kier molecular flexibility index (Phi) is 13.2. The molecule has 0 fully saturated rings. The summed E-state index contributed by atoms with van der Waals surface area (Å²) in [4.78, 5) is 15.8. The molecule has 1 aromatic carbocycles. The molecule has 1 aromatic rings. The Labute approximate surface area is 161 Å². The Morgan fingerprint density at radius 3 is 2.71 bits per heavy atom. The zero-order valence-corrected chi connectivity index (χ0v) is 17.1. The second kappa shape index (κ2) is 14.0. The summed E-state index contributed by atoms with van der Waals surface area (Å²) >= 11 is 0. The zero-order chi connectivity index (χ0) is 16.9. The Hall–Kier alpha value is -1.35. The standard InChI is InChI=1S/C17H28N4O2.HI/c1-4-23-11-6-5-10-20-17(19-3)21-13-14-8-7-9-15(12-14)16(22)18-2;/h7-9,12H,4-6,10-11,13H2,1-3H3,(H,18,22)(H2,19,20,21);1H. The van der Waals surface area contributed by atoms with Gasteiger partial charge in [0.15, 0.2) is 5.96 Å². The number of amides is 1. The molecule has 0 atom stereocenters. The van der Waals surface area contributed by atoms with Crippen LogP contribution in [0.5, 0.6) is 0 Å². The van der Waals surface area contributed by atoms with Crippen LogP contribution in [0.1, 0.15) is 35.7 Å². The van der Waals surface area contributed by atoms with Crippen LogP contribution in [0.25, 0.3) is 0 Å². The first-order valence-corrected chi connectivity index (χ1v) is 8.04. The molecule has 0 aliphatic rings. The van der Waals surface area contributed by atoms with Crippen molar-refractivity contribution in [3.8, 4) is 0 Å². The van der Waals surface area contributed by atoms with Crippen LogP contribution in [0.4, 0.5) is 0 Å². The molecule has 0 heterocycles. The van der Waals surface area contributed by atoms with Crippen molar-refractivity contribution in [2.75, 3.05) is 33.9 Å². The van der Waals surface area contributed by atoms with Crippen LogP contribution in [0, 0.1) is 0 Å². The highest BCUT2D eigenvalue weighted by Crippen LogP contribution is 2.05. The molecule has 1 amide bonds. The average Bonchev–Trinajstić information content (AvgIpc) is 2.60. The van der Waals surface area contributed by atoms with E-state index in [1.807, 2.05) is 25.1 Å². The number of ether oxygens (including phenoxy) is 1. The lowest BCUT2D eigenvalue weighted by Crippen LogP contribution is -2.37. The number of hydrogen-bond acceptors (Lipinski definition) is 3. The summed E-state index contributed by atoms with van der Waals surface area (Å²) in [5.41, 5.74) is 1.69. The number of carbonyl (C=O) groups excluding carboxylic acids is 1. The van der Waals surface area contributed by atoms with E-state index in [-0.39, 0.29) is 29.9 Å². The van der Waals surface area contributed by atoms with Gasteiger partial charge >= 0.3 is 0 Å². The van der Waals surface area contributed by atoms with Gasteiger partial charge in [0.05, 0.1) is 0 Å². The topological polar surface area (TPSA) is 74.8 Å². The maximum atomic E-state index is 11.6. The van der Waals surface area contributed by atoms with E-state index >= 15 is 0 Å². The van der Waals surface area contributed by atoms with Crippen molar-refractivity contribution in [3.63, 3.8) is 0 Å². The summed E-state index contributed by atoms with van der Waals surface area (Å²) in [7, 11) is 3.38. The van der Waals surface area contributed by atoms with Gasteiger partial charge in [0.2, 0.25) is 0 Å². The van der Waals surface area contributed by atoms with Crippen LogP contribution < -0.4 is 16.0 Å². The maximum Gasteiger partial charge on any atom is 0.251 e. The molecule has 0 aliphatic carbocycles. The number of nitrogens with one attached hydrogen (secondary N) is 3. The Morgan fingerprint density at radius 1 is 1.25 bits per heavy atom. The molecule has 0 spiro atoms. The highest BCUT2D eigenvalue weighted by atomic mass is 127. The molecule has 3 N–H and O–H groups in total. The van der Waals surface area contributed by atoms with Crippen molar-refractivity contribution in [1.82, 2.24) is 16.0 Å². The minimum Gasteiger partial charge on any atom is -0.382 e. The molecule has 1 rings (SSSR count). The molecule has 0 saturated heterocycles. The fourth-order valence-corrected chi connectivity index (χ4v) is 2.05. The summed E-state index contributed by atoms with van der Waals surface area (Å²) in [6, 6.07) is 7.54. The molecule has 6 nitrogen and oxygen atoms in total. The van der Waals surface area contributed by atoms with Crippen molar-refractivity contribution in [2.24, 2.45) is 4.99 Å². The number of halogens is 1. The highest BCUT2D eigenvalue weighted by Gasteiger charge is 2.04. The van der Waals surface area contributed by atoms with E-state index in [4.69, 9.17) is 4.74 Å². The van der Waals surface area contributed by atoms with E-state index in [1.165, 1.54) is 0 Å². The lowest BCUT2D eigenvalue weighted by Gasteiger charge is -2.12. The number of carbonyl (C=O) groups is 1. The van der Waals surface area contributed by atoms with Gasteiger partial charge in [-0.25, -0.2) is 0 Å². The van der Waals surface area contributed by atoms with Crippen molar-refractivity contribution >= 4 is 35.8 Å². The van der Waals surface area contributed by atoms with Crippen molar-refractivity contribution in [1.29, 1.82) is 0 Å². The number of hydrogen-bond donors (Lipinski definition) is 3. The third kappa shape index (κ3) is 9.07. The SMILES string of the molecule is CCOCCCCNC(=NC)NCc1cccc(C(=O)NC)c1.I. The minimum atomic E-state index is -0.0799. The molecule has 24 heavy (non-hydrogen) atoms. The van der Waals surface area contributed by atoms with E-state index in [0.29, 0.717) is 12.1 Å². The monoisotopic (exact) mass is 448 g/mol.